The Labute approximate surface area is 119 Å². The van der Waals surface area contributed by atoms with Crippen molar-refractivity contribution in [2.24, 2.45) is 0 Å². The van der Waals surface area contributed by atoms with E-state index in [2.05, 4.69) is 30.6 Å². The number of nitrogens with zero attached hydrogens (tertiary/aromatic N) is 5. The van der Waals surface area contributed by atoms with Gasteiger partial charge < -0.3 is 10.6 Å². The van der Waals surface area contributed by atoms with Crippen molar-refractivity contribution >= 4 is 22.7 Å². The molecule has 2 rings (SSSR count). The van der Waals surface area contributed by atoms with Gasteiger partial charge in [0.05, 0.1) is 0 Å². The molecule has 2 atom stereocenters. The van der Waals surface area contributed by atoms with Gasteiger partial charge in [0.1, 0.15) is 6.33 Å². The third kappa shape index (κ3) is 3.50. The number of imidazole rings is 1. The van der Waals surface area contributed by atoms with E-state index in [9.17, 15) is 4.21 Å². The van der Waals surface area contributed by atoms with E-state index >= 15 is 0 Å². The average molecular weight is 295 g/mol. The summed E-state index contributed by atoms with van der Waals surface area (Å²) in [6.07, 6.45) is 6.69. The van der Waals surface area contributed by atoms with Crippen LogP contribution in [0, 0.1) is 0 Å². The second kappa shape index (κ2) is 6.42. The topological polar surface area (TPSA) is 97.6 Å². The summed E-state index contributed by atoms with van der Waals surface area (Å²) in [6, 6.07) is 0. The number of hydrogen-bond donors (Lipinski definition) is 2. The van der Waals surface area contributed by atoms with Gasteiger partial charge in [0.25, 0.3) is 0 Å². The van der Waals surface area contributed by atoms with Crippen LogP contribution in [0.15, 0.2) is 18.7 Å². The minimum Gasteiger partial charge on any atom is -0.357 e. The lowest BCUT2D eigenvalue weighted by Gasteiger charge is -2.11. The van der Waals surface area contributed by atoms with Crippen LogP contribution in [0.2, 0.25) is 0 Å². The minimum absolute atomic E-state index is 0.0153. The maximum absolute atomic E-state index is 11.3. The van der Waals surface area contributed by atoms with Gasteiger partial charge in [0.15, 0.2) is 0 Å². The summed E-state index contributed by atoms with van der Waals surface area (Å²) in [4.78, 5) is 16.7. The molecule has 0 bridgehead atoms. The highest BCUT2D eigenvalue weighted by Crippen LogP contribution is 2.09. The van der Waals surface area contributed by atoms with Gasteiger partial charge in [0, 0.05) is 48.3 Å². The SMILES string of the molecule is CNc1nc(NCC(C)S(C)=O)nc(-n2ccnc2)n1. The number of aromatic nitrogens is 5. The fourth-order valence-electron chi connectivity index (χ4n) is 1.40. The molecule has 0 saturated heterocycles. The number of rotatable bonds is 6. The molecular formula is C11H17N7OS. The molecule has 2 N–H and O–H groups in total. The quantitative estimate of drug-likeness (QED) is 0.789. The molecule has 0 aliphatic carbocycles. The number of anilines is 2. The highest BCUT2D eigenvalue weighted by Gasteiger charge is 2.10. The molecule has 0 spiro atoms. The average Bonchev–Trinajstić information content (AvgIpc) is 2.98. The van der Waals surface area contributed by atoms with Gasteiger partial charge in [-0.05, 0) is 6.92 Å². The lowest BCUT2D eigenvalue weighted by Crippen LogP contribution is -2.22. The first-order chi connectivity index (χ1) is 9.60. The third-order valence-corrected chi connectivity index (χ3v) is 4.00. The highest BCUT2D eigenvalue weighted by atomic mass is 32.2. The minimum atomic E-state index is -0.891. The maximum Gasteiger partial charge on any atom is 0.241 e. The Kier molecular flexibility index (Phi) is 4.61. The molecule has 8 nitrogen and oxygen atoms in total. The van der Waals surface area contributed by atoms with Gasteiger partial charge in [0.2, 0.25) is 17.8 Å². The Hall–Kier alpha value is -2.03. The largest absolute Gasteiger partial charge is 0.357 e. The summed E-state index contributed by atoms with van der Waals surface area (Å²) in [6.45, 7) is 2.43. The zero-order valence-electron chi connectivity index (χ0n) is 11.6. The van der Waals surface area contributed by atoms with E-state index in [0.717, 1.165) is 0 Å². The van der Waals surface area contributed by atoms with Crippen LogP contribution in [0.25, 0.3) is 5.95 Å². The highest BCUT2D eigenvalue weighted by molar-refractivity contribution is 7.84. The Morgan fingerprint density at radius 3 is 2.70 bits per heavy atom. The second-order valence-electron chi connectivity index (χ2n) is 4.19. The molecule has 9 heteroatoms. The zero-order valence-corrected chi connectivity index (χ0v) is 12.4. The molecule has 0 fully saturated rings. The molecule has 2 heterocycles. The Bertz CT molecular complexity index is 586. The van der Waals surface area contributed by atoms with Crippen molar-refractivity contribution in [2.45, 2.75) is 12.2 Å². The van der Waals surface area contributed by atoms with E-state index in [-0.39, 0.29) is 5.25 Å². The zero-order chi connectivity index (χ0) is 14.5. The van der Waals surface area contributed by atoms with Crippen molar-refractivity contribution in [2.75, 3.05) is 30.5 Å². The van der Waals surface area contributed by atoms with Crippen LogP contribution in [0.5, 0.6) is 0 Å². The molecule has 108 valence electrons. The van der Waals surface area contributed by atoms with Crippen LogP contribution in [0.3, 0.4) is 0 Å². The summed E-state index contributed by atoms with van der Waals surface area (Å²) < 4.78 is 13.0. The first-order valence-corrected chi connectivity index (χ1v) is 7.70. The summed E-state index contributed by atoms with van der Waals surface area (Å²) in [5, 5.41) is 5.97. The van der Waals surface area contributed by atoms with Gasteiger partial charge in [-0.3, -0.25) is 8.78 Å². The van der Waals surface area contributed by atoms with Gasteiger partial charge in [-0.2, -0.15) is 15.0 Å². The van der Waals surface area contributed by atoms with E-state index in [0.29, 0.717) is 24.4 Å². The monoisotopic (exact) mass is 295 g/mol. The molecule has 0 aromatic carbocycles. The Balaban J connectivity index is 2.20. The normalized spacial score (nSPS) is 13.8. The maximum atomic E-state index is 11.3. The van der Waals surface area contributed by atoms with E-state index in [4.69, 9.17) is 0 Å². The van der Waals surface area contributed by atoms with E-state index in [1.54, 1.807) is 36.6 Å². The Morgan fingerprint density at radius 2 is 2.10 bits per heavy atom. The molecule has 2 aromatic rings. The van der Waals surface area contributed by atoms with Crippen molar-refractivity contribution in [3.8, 4) is 5.95 Å². The van der Waals surface area contributed by atoms with Crippen LogP contribution in [0.4, 0.5) is 11.9 Å². The van der Waals surface area contributed by atoms with Crippen LogP contribution in [0.1, 0.15) is 6.92 Å². The predicted molar refractivity (Wildman–Crippen MR) is 78.5 cm³/mol. The fourth-order valence-corrected chi connectivity index (χ4v) is 1.72. The van der Waals surface area contributed by atoms with Crippen molar-refractivity contribution in [3.63, 3.8) is 0 Å². The van der Waals surface area contributed by atoms with E-state index in [1.807, 2.05) is 6.92 Å². The molecule has 2 aromatic heterocycles. The molecule has 0 amide bonds. The van der Waals surface area contributed by atoms with Crippen LogP contribution < -0.4 is 10.6 Å². The molecule has 0 radical (unpaired) electrons. The fraction of sp³-hybridized carbons (Fsp3) is 0.455. The van der Waals surface area contributed by atoms with Crippen molar-refractivity contribution in [1.29, 1.82) is 0 Å². The predicted octanol–water partition coefficient (Wildman–Crippen LogP) is 0.278. The first-order valence-electron chi connectivity index (χ1n) is 6.08. The third-order valence-electron chi connectivity index (χ3n) is 2.70. The molecule has 20 heavy (non-hydrogen) atoms. The lowest BCUT2D eigenvalue weighted by atomic mass is 10.5. The molecule has 2 unspecified atom stereocenters. The van der Waals surface area contributed by atoms with Crippen LogP contribution in [-0.4, -0.2) is 53.8 Å². The lowest BCUT2D eigenvalue weighted by molar-refractivity contribution is 0.678. The molecular weight excluding hydrogens is 278 g/mol. The van der Waals surface area contributed by atoms with Gasteiger partial charge in [-0.15, -0.1) is 0 Å². The van der Waals surface area contributed by atoms with E-state index in [1.165, 1.54) is 0 Å². The summed E-state index contributed by atoms with van der Waals surface area (Å²) in [5.41, 5.74) is 0. The standard InChI is InChI=1S/C11H17N7OS/c1-8(20(3)19)6-14-10-15-9(12-2)16-11(17-10)18-5-4-13-7-18/h4-5,7-8H,6H2,1-3H3,(H2,12,14,15,16,17). The summed E-state index contributed by atoms with van der Waals surface area (Å²) >= 11 is 0. The first kappa shape index (κ1) is 14.4. The summed E-state index contributed by atoms with van der Waals surface area (Å²) in [5.74, 6) is 1.36. The molecule has 0 saturated carbocycles. The summed E-state index contributed by atoms with van der Waals surface area (Å²) in [7, 11) is 0.846. The van der Waals surface area contributed by atoms with Gasteiger partial charge >= 0.3 is 0 Å². The van der Waals surface area contributed by atoms with E-state index < -0.39 is 10.8 Å². The number of hydrogen-bond acceptors (Lipinski definition) is 7. The van der Waals surface area contributed by atoms with Gasteiger partial charge in [-0.1, -0.05) is 0 Å². The van der Waals surface area contributed by atoms with Crippen molar-refractivity contribution < 1.29 is 4.21 Å². The van der Waals surface area contributed by atoms with Gasteiger partial charge in [-0.25, -0.2) is 4.98 Å². The smallest absolute Gasteiger partial charge is 0.241 e. The second-order valence-corrected chi connectivity index (χ2v) is 5.99. The Morgan fingerprint density at radius 1 is 1.35 bits per heavy atom. The van der Waals surface area contributed by atoms with Crippen molar-refractivity contribution in [3.05, 3.63) is 18.7 Å². The van der Waals surface area contributed by atoms with Crippen LogP contribution >= 0.6 is 0 Å². The number of nitrogens with one attached hydrogen (secondary N) is 2. The molecule has 0 aliphatic heterocycles. The van der Waals surface area contributed by atoms with Crippen LogP contribution in [-0.2, 0) is 10.8 Å². The van der Waals surface area contributed by atoms with Crippen molar-refractivity contribution in [1.82, 2.24) is 24.5 Å². The molecule has 0 aliphatic rings.